The molecule has 3 aromatic heterocycles. The highest BCUT2D eigenvalue weighted by Crippen LogP contribution is 2.36. The van der Waals surface area contributed by atoms with Crippen molar-refractivity contribution in [2.24, 2.45) is 5.16 Å². The van der Waals surface area contributed by atoms with E-state index in [0.29, 0.717) is 38.0 Å². The van der Waals surface area contributed by atoms with Crippen LogP contribution in [0, 0.1) is 0 Å². The highest BCUT2D eigenvalue weighted by Gasteiger charge is 2.40. The van der Waals surface area contributed by atoms with Gasteiger partial charge in [0.1, 0.15) is 17.3 Å². The molecule has 0 atom stereocenters. The number of thiophene rings is 1. The van der Waals surface area contributed by atoms with Gasteiger partial charge in [0.05, 0.1) is 24.2 Å². The van der Waals surface area contributed by atoms with Crippen LogP contribution in [0.25, 0.3) is 10.2 Å². The van der Waals surface area contributed by atoms with Crippen molar-refractivity contribution >= 4 is 39.0 Å². The van der Waals surface area contributed by atoms with Gasteiger partial charge >= 0.3 is 6.18 Å². The molecule has 0 bridgehead atoms. The first-order valence-electron chi connectivity index (χ1n) is 12.9. The van der Waals surface area contributed by atoms with E-state index in [0.717, 1.165) is 45.3 Å². The van der Waals surface area contributed by atoms with Crippen molar-refractivity contribution in [1.29, 1.82) is 0 Å². The van der Waals surface area contributed by atoms with Crippen molar-refractivity contribution in [1.82, 2.24) is 24.7 Å². The minimum atomic E-state index is -4.54. The number of hydrogen-bond donors (Lipinski definition) is 0. The first kappa shape index (κ1) is 25.5. The number of aryl methyl sites for hydroxylation is 1. The molecule has 5 heterocycles. The molecule has 0 aliphatic carbocycles. The molecule has 1 aromatic carbocycles. The Labute approximate surface area is 226 Å². The molecule has 2 aliphatic heterocycles. The molecule has 0 unspecified atom stereocenters. The second-order valence-corrected chi connectivity index (χ2v) is 10.7. The van der Waals surface area contributed by atoms with Crippen LogP contribution in [0.2, 0.25) is 0 Å². The molecule has 39 heavy (non-hydrogen) atoms. The average molecular weight is 557 g/mol. The summed E-state index contributed by atoms with van der Waals surface area (Å²) in [5.74, 6) is 0.614. The predicted molar refractivity (Wildman–Crippen MR) is 143 cm³/mol. The number of halogens is 3. The zero-order chi connectivity index (χ0) is 27.0. The van der Waals surface area contributed by atoms with Crippen LogP contribution in [0.3, 0.4) is 0 Å². The Morgan fingerprint density at radius 3 is 2.67 bits per heavy atom. The third-order valence-electron chi connectivity index (χ3n) is 6.81. The van der Waals surface area contributed by atoms with Gasteiger partial charge in [0.25, 0.3) is 0 Å². The normalized spacial score (nSPS) is 16.9. The first-order chi connectivity index (χ1) is 18.9. The SMILES string of the molecule is CCCc1cc2c(N3CCn4c(nnc4C(F)(F)F)C3)nc(N3CCC(=NOCc4ccccc4)C3)nc2s1. The quantitative estimate of drug-likeness (QED) is 0.294. The number of oxime groups is 1. The lowest BCUT2D eigenvalue weighted by Gasteiger charge is -2.30. The van der Waals surface area contributed by atoms with E-state index in [1.54, 1.807) is 11.3 Å². The Hall–Kier alpha value is -3.74. The Morgan fingerprint density at radius 2 is 1.87 bits per heavy atom. The van der Waals surface area contributed by atoms with E-state index in [1.165, 1.54) is 4.88 Å². The lowest BCUT2D eigenvalue weighted by atomic mass is 10.2. The summed E-state index contributed by atoms with van der Waals surface area (Å²) in [4.78, 5) is 21.5. The molecule has 1 saturated heterocycles. The molecule has 2 aliphatic rings. The van der Waals surface area contributed by atoms with E-state index in [4.69, 9.17) is 14.8 Å². The van der Waals surface area contributed by atoms with Crippen LogP contribution in [0.1, 0.15) is 41.9 Å². The van der Waals surface area contributed by atoms with Crippen molar-refractivity contribution in [2.75, 3.05) is 29.4 Å². The molecule has 4 aromatic rings. The second-order valence-electron chi connectivity index (χ2n) is 9.63. The molecule has 0 spiro atoms. The van der Waals surface area contributed by atoms with Gasteiger partial charge in [-0.15, -0.1) is 21.5 Å². The highest BCUT2D eigenvalue weighted by molar-refractivity contribution is 7.18. The van der Waals surface area contributed by atoms with Crippen LogP contribution in [0.5, 0.6) is 0 Å². The van der Waals surface area contributed by atoms with Gasteiger partial charge in [0.15, 0.2) is 5.82 Å². The Morgan fingerprint density at radius 1 is 1.03 bits per heavy atom. The van der Waals surface area contributed by atoms with E-state index < -0.39 is 12.0 Å². The number of nitrogens with zero attached hydrogens (tertiary/aromatic N) is 8. The summed E-state index contributed by atoms with van der Waals surface area (Å²) in [6.45, 7) is 4.46. The molecular formula is C26H27F3N8OS. The number of hydrogen-bond acceptors (Lipinski definition) is 9. The third kappa shape index (κ3) is 5.27. The van der Waals surface area contributed by atoms with Crippen molar-refractivity contribution in [3.8, 4) is 0 Å². The van der Waals surface area contributed by atoms with Gasteiger partial charge < -0.3 is 19.2 Å². The van der Waals surface area contributed by atoms with E-state index in [9.17, 15) is 13.2 Å². The maximum Gasteiger partial charge on any atom is 0.451 e. The van der Waals surface area contributed by atoms with Crippen LogP contribution >= 0.6 is 11.3 Å². The monoisotopic (exact) mass is 556 g/mol. The van der Waals surface area contributed by atoms with Crippen LogP contribution in [0.4, 0.5) is 24.9 Å². The molecule has 1 fully saturated rings. The van der Waals surface area contributed by atoms with Crippen molar-refractivity contribution in [3.63, 3.8) is 0 Å². The third-order valence-corrected chi connectivity index (χ3v) is 7.90. The van der Waals surface area contributed by atoms with E-state index in [2.05, 4.69) is 33.2 Å². The lowest BCUT2D eigenvalue weighted by Crippen LogP contribution is -2.36. The predicted octanol–water partition coefficient (Wildman–Crippen LogP) is 5.06. The number of rotatable bonds is 7. The smallest absolute Gasteiger partial charge is 0.391 e. The Balaban J connectivity index is 1.26. The van der Waals surface area contributed by atoms with Gasteiger partial charge in [-0.05, 0) is 18.1 Å². The summed E-state index contributed by atoms with van der Waals surface area (Å²) >= 11 is 1.64. The van der Waals surface area contributed by atoms with Gasteiger partial charge in [0, 0.05) is 30.9 Å². The van der Waals surface area contributed by atoms with Crippen molar-refractivity contribution in [3.05, 3.63) is 58.5 Å². The van der Waals surface area contributed by atoms with Gasteiger partial charge in [0.2, 0.25) is 11.8 Å². The minimum Gasteiger partial charge on any atom is -0.391 e. The molecule has 0 radical (unpaired) electrons. The number of anilines is 2. The number of alkyl halides is 3. The lowest BCUT2D eigenvalue weighted by molar-refractivity contribution is -0.147. The topological polar surface area (TPSA) is 84.6 Å². The van der Waals surface area contributed by atoms with Crippen LogP contribution < -0.4 is 9.80 Å². The van der Waals surface area contributed by atoms with Crippen molar-refractivity contribution < 1.29 is 18.0 Å². The van der Waals surface area contributed by atoms with Crippen LogP contribution in [-0.4, -0.2) is 50.1 Å². The van der Waals surface area contributed by atoms with Crippen LogP contribution in [0.15, 0.2) is 41.6 Å². The maximum absolute atomic E-state index is 13.4. The summed E-state index contributed by atoms with van der Waals surface area (Å²) in [6, 6.07) is 12.0. The summed E-state index contributed by atoms with van der Waals surface area (Å²) < 4.78 is 41.2. The Kier molecular flexibility index (Phi) is 6.83. The molecule has 0 saturated carbocycles. The van der Waals surface area contributed by atoms with Gasteiger partial charge in [-0.1, -0.05) is 48.8 Å². The fourth-order valence-electron chi connectivity index (χ4n) is 4.91. The van der Waals surface area contributed by atoms with E-state index in [1.807, 2.05) is 35.2 Å². The molecule has 13 heteroatoms. The van der Waals surface area contributed by atoms with Gasteiger partial charge in [-0.25, -0.2) is 4.98 Å². The minimum absolute atomic E-state index is 0.128. The summed E-state index contributed by atoms with van der Waals surface area (Å²) in [5, 5.41) is 12.5. The molecule has 9 nitrogen and oxygen atoms in total. The Bertz CT molecular complexity index is 1500. The number of fused-ring (bicyclic) bond motifs is 2. The zero-order valence-corrected chi connectivity index (χ0v) is 22.2. The summed E-state index contributed by atoms with van der Waals surface area (Å²) in [7, 11) is 0. The summed E-state index contributed by atoms with van der Waals surface area (Å²) in [5.41, 5.74) is 1.97. The van der Waals surface area contributed by atoms with Gasteiger partial charge in [-0.2, -0.15) is 18.2 Å². The number of aromatic nitrogens is 5. The first-order valence-corrected chi connectivity index (χ1v) is 13.7. The molecule has 0 amide bonds. The zero-order valence-electron chi connectivity index (χ0n) is 21.4. The fourth-order valence-corrected chi connectivity index (χ4v) is 6.02. The summed E-state index contributed by atoms with van der Waals surface area (Å²) in [6.07, 6.45) is -1.86. The molecular weight excluding hydrogens is 529 g/mol. The largest absolute Gasteiger partial charge is 0.451 e. The van der Waals surface area contributed by atoms with E-state index in [-0.39, 0.29) is 18.9 Å². The highest BCUT2D eigenvalue weighted by atomic mass is 32.1. The average Bonchev–Trinajstić information content (AvgIpc) is 3.66. The second kappa shape index (κ2) is 10.4. The molecule has 6 rings (SSSR count). The van der Waals surface area contributed by atoms with Crippen LogP contribution in [-0.2, 0) is 37.1 Å². The van der Waals surface area contributed by atoms with Gasteiger partial charge in [-0.3, -0.25) is 0 Å². The fraction of sp³-hybridized carbons (Fsp3) is 0.423. The molecule has 204 valence electrons. The maximum atomic E-state index is 13.4. The number of benzene rings is 1. The standard InChI is InChI=1S/C26H27F3N8OS/c1-2-6-19-13-20-22(35-11-12-37-21(15-35)32-33-24(37)26(27,28)29)30-25(31-23(20)39-19)36-10-9-18(14-36)34-38-16-17-7-4-3-5-8-17/h3-5,7-8,13H,2,6,9-12,14-16H2,1H3. The van der Waals surface area contributed by atoms with E-state index >= 15 is 0 Å². The molecule has 0 N–H and O–H groups in total. The van der Waals surface area contributed by atoms with Crippen molar-refractivity contribution in [2.45, 2.75) is 52.1 Å².